The summed E-state index contributed by atoms with van der Waals surface area (Å²) in [4.78, 5) is 72.0. The number of benzene rings is 4. The Labute approximate surface area is 385 Å². The van der Waals surface area contributed by atoms with Crippen LogP contribution in [0, 0.1) is 5.92 Å². The zero-order valence-corrected chi connectivity index (χ0v) is 38.7. The van der Waals surface area contributed by atoms with Crippen LogP contribution in [0.15, 0.2) is 120 Å². The van der Waals surface area contributed by atoms with Gasteiger partial charge >= 0.3 is 19.7 Å². The maximum Gasteiger partial charge on any atom is 0.414 e. The number of rotatable bonds is 25. The lowest BCUT2D eigenvalue weighted by molar-refractivity contribution is -0.171. The van der Waals surface area contributed by atoms with Gasteiger partial charge in [0, 0.05) is 19.7 Å². The van der Waals surface area contributed by atoms with Crippen molar-refractivity contribution in [3.63, 3.8) is 0 Å². The second-order valence-electron chi connectivity index (χ2n) is 15.2. The Kier molecular flexibility index (Phi) is 19.1. The molecule has 2 N–H and O–H groups in total. The largest absolute Gasteiger partial charge is 0.494 e. The molecule has 0 fully saturated rings. The van der Waals surface area contributed by atoms with Gasteiger partial charge in [0.2, 0.25) is 12.3 Å². The van der Waals surface area contributed by atoms with Gasteiger partial charge in [-0.1, -0.05) is 106 Å². The highest BCUT2D eigenvalue weighted by atomic mass is 31.2. The SMILES string of the molecule is CCCCC[C@@H](C(=O)NCNC(=O)c1ccc(-c2cc(OCC)cc(P(=O)(OCc3ccccc3)OCc3ccccc3)c2)o1)[C@@H](CC)N(C=O)OC(=O)c1ccccc1OC(=O)N(C)C. The molecule has 350 valence electrons. The van der Waals surface area contributed by atoms with E-state index in [9.17, 15) is 28.5 Å². The average molecular weight is 925 g/mol. The van der Waals surface area contributed by atoms with Crippen LogP contribution in [0.4, 0.5) is 4.79 Å². The van der Waals surface area contributed by atoms with Crippen molar-refractivity contribution in [3.8, 4) is 22.8 Å². The fourth-order valence-electron chi connectivity index (χ4n) is 6.81. The number of carbonyl (C=O) groups is 5. The first-order chi connectivity index (χ1) is 31.9. The minimum absolute atomic E-state index is 0.0104. The standard InChI is InChI=1S/C49H57N4O12P/c1-6-9-12-23-40(42(7-2)53(34-54)65-48(57)41-24-17-18-25-44(41)64-49(58)52(4)5)46(55)50-33-51-47(56)45-27-26-43(63-45)37-28-38(60-8-3)30-39(29-37)66(59,61-31-35-19-13-10-14-20-35)62-32-36-21-15-11-16-22-36/h10-11,13-22,24-30,34,40,42H,6-9,12,23,31-33H2,1-5H3,(H,50,55)(H,51,56)/t40-,42-/m1/s1. The molecule has 0 aliphatic carbocycles. The minimum Gasteiger partial charge on any atom is -0.494 e. The highest BCUT2D eigenvalue weighted by molar-refractivity contribution is 7.62. The number of hydrogen-bond acceptors (Lipinski definition) is 12. The lowest BCUT2D eigenvalue weighted by atomic mass is 9.90. The number of nitrogens with one attached hydrogen (secondary N) is 2. The maximum atomic E-state index is 14.7. The first kappa shape index (κ1) is 50.3. The second kappa shape index (κ2) is 25.1. The number of hydroxylamine groups is 2. The van der Waals surface area contributed by atoms with Crippen LogP contribution in [0.25, 0.3) is 11.3 Å². The summed E-state index contributed by atoms with van der Waals surface area (Å²) in [5, 5.41) is 6.40. The summed E-state index contributed by atoms with van der Waals surface area (Å²) < 4.78 is 44.1. The Morgan fingerprint density at radius 2 is 1.44 bits per heavy atom. The van der Waals surface area contributed by atoms with Crippen molar-refractivity contribution in [2.45, 2.75) is 72.1 Å². The van der Waals surface area contributed by atoms with E-state index in [4.69, 9.17) is 27.8 Å². The number of furan rings is 1. The van der Waals surface area contributed by atoms with Crippen molar-refractivity contribution in [1.82, 2.24) is 20.6 Å². The molecule has 17 heteroatoms. The molecule has 0 saturated carbocycles. The van der Waals surface area contributed by atoms with E-state index in [1.165, 1.54) is 37.2 Å². The fraction of sp³-hybridized carbons (Fsp3) is 0.327. The molecule has 2 atom stereocenters. The molecule has 0 aliphatic heterocycles. The first-order valence-electron chi connectivity index (χ1n) is 21.7. The number of para-hydroxylation sites is 1. The minimum atomic E-state index is -4.01. The van der Waals surface area contributed by atoms with Gasteiger partial charge in [0.1, 0.15) is 22.8 Å². The Bertz CT molecular complexity index is 2380. The van der Waals surface area contributed by atoms with E-state index in [1.807, 2.05) is 74.5 Å². The second-order valence-corrected chi connectivity index (χ2v) is 17.3. The molecule has 0 aliphatic rings. The van der Waals surface area contributed by atoms with Crippen LogP contribution in [0.2, 0.25) is 0 Å². The van der Waals surface area contributed by atoms with Gasteiger partial charge in [-0.2, -0.15) is 5.06 Å². The zero-order chi connectivity index (χ0) is 47.5. The van der Waals surface area contributed by atoms with Crippen LogP contribution in [-0.2, 0) is 41.3 Å². The molecular weight excluding hydrogens is 868 g/mol. The molecule has 0 spiro atoms. The summed E-state index contributed by atoms with van der Waals surface area (Å²) in [5.41, 5.74) is 1.93. The third-order valence-corrected chi connectivity index (χ3v) is 12.1. The number of hydrogen-bond donors (Lipinski definition) is 2. The van der Waals surface area contributed by atoms with Crippen LogP contribution in [0.3, 0.4) is 0 Å². The molecule has 1 heterocycles. The van der Waals surface area contributed by atoms with E-state index in [0.717, 1.165) is 29.0 Å². The Morgan fingerprint density at radius 3 is 2.05 bits per heavy atom. The third kappa shape index (κ3) is 14.1. The summed E-state index contributed by atoms with van der Waals surface area (Å²) in [5.74, 6) is -2.46. The van der Waals surface area contributed by atoms with E-state index in [-0.39, 0.29) is 54.4 Å². The molecule has 5 aromatic rings. The number of nitrogens with zero attached hydrogens (tertiary/aromatic N) is 2. The van der Waals surface area contributed by atoms with E-state index < -0.39 is 43.4 Å². The predicted molar refractivity (Wildman–Crippen MR) is 247 cm³/mol. The van der Waals surface area contributed by atoms with Crippen molar-refractivity contribution in [1.29, 1.82) is 0 Å². The highest BCUT2D eigenvalue weighted by Crippen LogP contribution is 2.50. The third-order valence-electron chi connectivity index (χ3n) is 10.3. The molecule has 16 nitrogen and oxygen atoms in total. The number of carbonyl (C=O) groups excluding carboxylic acids is 5. The van der Waals surface area contributed by atoms with E-state index in [1.54, 1.807) is 43.3 Å². The molecule has 0 radical (unpaired) electrons. The van der Waals surface area contributed by atoms with Gasteiger partial charge in [0.05, 0.1) is 43.8 Å². The first-order valence-corrected chi connectivity index (χ1v) is 23.3. The van der Waals surface area contributed by atoms with Crippen molar-refractivity contribution >= 4 is 43.2 Å². The molecular formula is C49H57N4O12P. The smallest absolute Gasteiger partial charge is 0.414 e. The molecule has 0 bridgehead atoms. The van der Waals surface area contributed by atoms with Crippen LogP contribution in [0.5, 0.6) is 11.5 Å². The summed E-state index contributed by atoms with van der Waals surface area (Å²) in [6.07, 6.45) is 2.49. The molecule has 4 amide bonds. The molecule has 0 saturated heterocycles. The number of amides is 4. The average Bonchev–Trinajstić information content (AvgIpc) is 3.84. The van der Waals surface area contributed by atoms with Crippen LogP contribution in [0.1, 0.15) is 84.9 Å². The molecule has 1 aromatic heterocycles. The molecule has 66 heavy (non-hydrogen) atoms. The topological polar surface area (TPSA) is 192 Å². The van der Waals surface area contributed by atoms with Crippen LogP contribution < -0.4 is 25.4 Å². The predicted octanol–water partition coefficient (Wildman–Crippen LogP) is 8.67. The van der Waals surface area contributed by atoms with Crippen molar-refractivity contribution in [2.75, 3.05) is 27.4 Å². The summed E-state index contributed by atoms with van der Waals surface area (Å²) >= 11 is 0. The summed E-state index contributed by atoms with van der Waals surface area (Å²) in [6.45, 7) is 5.60. The maximum absolute atomic E-state index is 14.7. The van der Waals surface area contributed by atoms with Crippen molar-refractivity contribution < 1.29 is 56.3 Å². The van der Waals surface area contributed by atoms with Crippen molar-refractivity contribution in [3.05, 3.63) is 138 Å². The lowest BCUT2D eigenvalue weighted by Crippen LogP contribution is -2.49. The number of ether oxygens (including phenoxy) is 2. The van der Waals surface area contributed by atoms with Crippen molar-refractivity contribution in [2.24, 2.45) is 5.92 Å². The van der Waals surface area contributed by atoms with Gasteiger partial charge in [-0.05, 0) is 73.4 Å². The van der Waals surface area contributed by atoms with Gasteiger partial charge < -0.3 is 43.3 Å². The van der Waals surface area contributed by atoms with E-state index >= 15 is 0 Å². The zero-order valence-electron chi connectivity index (χ0n) is 37.8. The monoisotopic (exact) mass is 924 g/mol. The van der Waals surface area contributed by atoms with Gasteiger partial charge in [0.25, 0.3) is 5.91 Å². The normalized spacial score (nSPS) is 12.0. The van der Waals surface area contributed by atoms with Crippen LogP contribution in [-0.4, -0.2) is 73.7 Å². The fourth-order valence-corrected chi connectivity index (χ4v) is 8.40. The number of unbranched alkanes of at least 4 members (excludes halogenated alkanes) is 2. The van der Waals surface area contributed by atoms with Gasteiger partial charge in [0.15, 0.2) is 5.76 Å². The summed E-state index contributed by atoms with van der Waals surface area (Å²) in [6, 6.07) is 31.6. The molecule has 5 rings (SSSR count). The van der Waals surface area contributed by atoms with Gasteiger partial charge in [-0.3, -0.25) is 18.9 Å². The van der Waals surface area contributed by atoms with E-state index in [2.05, 4.69) is 10.6 Å². The van der Waals surface area contributed by atoms with Crippen LogP contribution >= 0.6 is 7.60 Å². The Morgan fingerprint density at radius 1 is 0.788 bits per heavy atom. The lowest BCUT2D eigenvalue weighted by Gasteiger charge is -2.32. The Hall–Kier alpha value is -6.74. The van der Waals surface area contributed by atoms with Gasteiger partial charge in [-0.15, -0.1) is 0 Å². The van der Waals surface area contributed by atoms with Gasteiger partial charge in [-0.25, -0.2) is 9.59 Å². The summed E-state index contributed by atoms with van der Waals surface area (Å²) in [7, 11) is -1.03. The Balaban J connectivity index is 1.29. The highest BCUT2D eigenvalue weighted by Gasteiger charge is 2.35. The molecule has 0 unspecified atom stereocenters. The quantitative estimate of drug-likeness (QED) is 0.0186. The molecule has 4 aromatic carbocycles. The van der Waals surface area contributed by atoms with E-state index in [0.29, 0.717) is 37.2 Å².